The first-order valence-electron chi connectivity index (χ1n) is 5.12. The summed E-state index contributed by atoms with van der Waals surface area (Å²) in [5.74, 6) is 0.797. The molecule has 2 heteroatoms. The van der Waals surface area contributed by atoms with Crippen molar-refractivity contribution >= 4 is 5.78 Å². The fourth-order valence-electron chi connectivity index (χ4n) is 2.14. The third kappa shape index (κ3) is 1.77. The van der Waals surface area contributed by atoms with Crippen LogP contribution in [0.4, 0.5) is 0 Å². The number of rotatable bonds is 3. The fourth-order valence-corrected chi connectivity index (χ4v) is 2.14. The van der Waals surface area contributed by atoms with Crippen molar-refractivity contribution in [2.45, 2.75) is 46.6 Å². The van der Waals surface area contributed by atoms with Gasteiger partial charge in [-0.25, -0.2) is 0 Å². The van der Waals surface area contributed by atoms with Crippen molar-refractivity contribution in [3.8, 4) is 0 Å². The van der Waals surface area contributed by atoms with Crippen LogP contribution in [0.25, 0.3) is 0 Å². The van der Waals surface area contributed by atoms with Gasteiger partial charge in [-0.2, -0.15) is 0 Å². The number of allylic oxidation sites excluding steroid dienone is 1. The van der Waals surface area contributed by atoms with E-state index >= 15 is 0 Å². The first-order chi connectivity index (χ1) is 6.11. The van der Waals surface area contributed by atoms with Crippen molar-refractivity contribution in [2.24, 2.45) is 5.92 Å². The summed E-state index contributed by atoms with van der Waals surface area (Å²) in [5, 5.41) is 3.29. The Morgan fingerprint density at radius 2 is 2.08 bits per heavy atom. The molecule has 0 radical (unpaired) electrons. The molecule has 1 aliphatic heterocycles. The van der Waals surface area contributed by atoms with E-state index in [4.69, 9.17) is 0 Å². The van der Waals surface area contributed by atoms with Gasteiger partial charge in [-0.15, -0.1) is 0 Å². The number of ketones is 1. The summed E-state index contributed by atoms with van der Waals surface area (Å²) in [5.41, 5.74) is 2.13. The number of hydrogen-bond acceptors (Lipinski definition) is 2. The molecule has 1 heterocycles. The molecule has 0 aromatic rings. The van der Waals surface area contributed by atoms with Gasteiger partial charge >= 0.3 is 0 Å². The van der Waals surface area contributed by atoms with Gasteiger partial charge in [0.05, 0.1) is 5.70 Å². The summed E-state index contributed by atoms with van der Waals surface area (Å²) in [6.07, 6.45) is 1.71. The lowest BCUT2D eigenvalue weighted by Gasteiger charge is -2.14. The molecule has 1 rings (SSSR count). The molecule has 0 aromatic carbocycles. The van der Waals surface area contributed by atoms with E-state index in [1.54, 1.807) is 0 Å². The summed E-state index contributed by atoms with van der Waals surface area (Å²) in [4.78, 5) is 11.5. The van der Waals surface area contributed by atoms with Crippen LogP contribution >= 0.6 is 0 Å². The van der Waals surface area contributed by atoms with Crippen LogP contribution in [0.2, 0.25) is 0 Å². The van der Waals surface area contributed by atoms with Crippen LogP contribution < -0.4 is 5.32 Å². The molecule has 2 atom stereocenters. The topological polar surface area (TPSA) is 29.1 Å². The maximum atomic E-state index is 11.5. The molecule has 2 nitrogen and oxygen atoms in total. The van der Waals surface area contributed by atoms with E-state index in [-0.39, 0.29) is 5.78 Å². The minimum atomic E-state index is 0.250. The average molecular weight is 181 g/mol. The van der Waals surface area contributed by atoms with Crippen LogP contribution in [0, 0.1) is 5.92 Å². The third-order valence-electron chi connectivity index (χ3n) is 2.97. The standard InChI is InChI=1S/C11H19NO/c1-5-9-7(3)11(10(13)6-2)12-8(9)4/h8-9,12H,5-6H2,1-4H3. The zero-order valence-corrected chi connectivity index (χ0v) is 8.98. The second-order valence-corrected chi connectivity index (χ2v) is 3.78. The lowest BCUT2D eigenvalue weighted by Crippen LogP contribution is -2.26. The maximum Gasteiger partial charge on any atom is 0.178 e. The van der Waals surface area contributed by atoms with Gasteiger partial charge < -0.3 is 5.32 Å². The smallest absolute Gasteiger partial charge is 0.178 e. The lowest BCUT2D eigenvalue weighted by molar-refractivity contribution is -0.115. The molecule has 74 valence electrons. The molecular weight excluding hydrogens is 162 g/mol. The lowest BCUT2D eigenvalue weighted by atomic mass is 9.93. The van der Waals surface area contributed by atoms with Crippen molar-refractivity contribution < 1.29 is 4.79 Å². The van der Waals surface area contributed by atoms with E-state index in [1.165, 1.54) is 5.57 Å². The zero-order chi connectivity index (χ0) is 10.0. The van der Waals surface area contributed by atoms with E-state index in [0.717, 1.165) is 12.1 Å². The second kappa shape index (κ2) is 3.95. The van der Waals surface area contributed by atoms with Crippen molar-refractivity contribution in [2.75, 3.05) is 0 Å². The van der Waals surface area contributed by atoms with Gasteiger partial charge in [0.1, 0.15) is 0 Å². The Kier molecular flexibility index (Phi) is 3.12. The molecule has 1 N–H and O–H groups in total. The van der Waals surface area contributed by atoms with E-state index < -0.39 is 0 Å². The summed E-state index contributed by atoms with van der Waals surface area (Å²) < 4.78 is 0. The van der Waals surface area contributed by atoms with Crippen molar-refractivity contribution in [3.63, 3.8) is 0 Å². The zero-order valence-electron chi connectivity index (χ0n) is 8.98. The van der Waals surface area contributed by atoms with Crippen LogP contribution in [-0.2, 0) is 4.79 Å². The largest absolute Gasteiger partial charge is 0.379 e. The van der Waals surface area contributed by atoms with Crippen LogP contribution in [0.5, 0.6) is 0 Å². The van der Waals surface area contributed by atoms with Gasteiger partial charge in [0.15, 0.2) is 5.78 Å². The highest BCUT2D eigenvalue weighted by atomic mass is 16.1. The van der Waals surface area contributed by atoms with Crippen LogP contribution in [0.1, 0.15) is 40.5 Å². The van der Waals surface area contributed by atoms with Crippen LogP contribution in [-0.4, -0.2) is 11.8 Å². The molecular formula is C11H19NO. The molecule has 0 spiro atoms. The fraction of sp³-hybridized carbons (Fsp3) is 0.727. The number of nitrogens with one attached hydrogen (secondary N) is 1. The molecule has 0 saturated heterocycles. The molecule has 1 aliphatic rings. The average Bonchev–Trinajstić information content (AvgIpc) is 2.40. The van der Waals surface area contributed by atoms with E-state index in [2.05, 4.69) is 26.1 Å². The van der Waals surface area contributed by atoms with Crippen molar-refractivity contribution in [1.29, 1.82) is 0 Å². The Labute approximate surface area is 80.4 Å². The van der Waals surface area contributed by atoms with Gasteiger partial charge in [-0.05, 0) is 25.8 Å². The molecule has 13 heavy (non-hydrogen) atoms. The predicted octanol–water partition coefficient (Wildman–Crippen LogP) is 2.26. The Morgan fingerprint density at radius 3 is 2.46 bits per heavy atom. The Balaban J connectivity index is 2.86. The number of carbonyl (C=O) groups excluding carboxylic acids is 1. The van der Waals surface area contributed by atoms with Gasteiger partial charge in [0, 0.05) is 18.4 Å². The van der Waals surface area contributed by atoms with E-state index in [0.29, 0.717) is 18.4 Å². The molecule has 0 aromatic heterocycles. The van der Waals surface area contributed by atoms with Gasteiger partial charge in [-0.3, -0.25) is 4.79 Å². The third-order valence-corrected chi connectivity index (χ3v) is 2.97. The minimum absolute atomic E-state index is 0.250. The predicted molar refractivity (Wildman–Crippen MR) is 54.4 cm³/mol. The molecule has 0 saturated carbocycles. The summed E-state index contributed by atoms with van der Waals surface area (Å²) >= 11 is 0. The summed E-state index contributed by atoms with van der Waals surface area (Å²) in [6.45, 7) is 8.31. The normalized spacial score (nSPS) is 27.7. The first kappa shape index (κ1) is 10.3. The van der Waals surface area contributed by atoms with Gasteiger partial charge in [-0.1, -0.05) is 13.8 Å². The van der Waals surface area contributed by atoms with Crippen molar-refractivity contribution in [1.82, 2.24) is 5.32 Å². The highest BCUT2D eigenvalue weighted by Crippen LogP contribution is 2.28. The highest BCUT2D eigenvalue weighted by Gasteiger charge is 2.29. The summed E-state index contributed by atoms with van der Waals surface area (Å²) in [6, 6.07) is 0.426. The van der Waals surface area contributed by atoms with E-state index in [9.17, 15) is 4.79 Å². The monoisotopic (exact) mass is 181 g/mol. The van der Waals surface area contributed by atoms with Crippen molar-refractivity contribution in [3.05, 3.63) is 11.3 Å². The Bertz CT molecular complexity index is 242. The number of carbonyl (C=O) groups is 1. The quantitative estimate of drug-likeness (QED) is 0.723. The van der Waals surface area contributed by atoms with Gasteiger partial charge in [0.25, 0.3) is 0 Å². The van der Waals surface area contributed by atoms with Gasteiger partial charge in [0.2, 0.25) is 0 Å². The highest BCUT2D eigenvalue weighted by molar-refractivity contribution is 5.95. The Morgan fingerprint density at radius 1 is 1.46 bits per heavy atom. The van der Waals surface area contributed by atoms with Crippen LogP contribution in [0.15, 0.2) is 11.3 Å². The Hall–Kier alpha value is -0.790. The SMILES string of the molecule is CCC(=O)C1=C(C)C(CC)C(C)N1. The second-order valence-electron chi connectivity index (χ2n) is 3.78. The molecule has 0 fully saturated rings. The molecule has 0 aliphatic carbocycles. The van der Waals surface area contributed by atoms with E-state index in [1.807, 2.05) is 6.92 Å². The first-order valence-corrected chi connectivity index (χ1v) is 5.12. The number of Topliss-reactive ketones (excluding diaryl/α,β-unsaturated/α-hetero) is 1. The maximum absolute atomic E-state index is 11.5. The molecule has 0 amide bonds. The molecule has 2 unspecified atom stereocenters. The summed E-state index contributed by atoms with van der Waals surface area (Å²) in [7, 11) is 0. The minimum Gasteiger partial charge on any atom is -0.379 e. The number of hydrogen-bond donors (Lipinski definition) is 1. The van der Waals surface area contributed by atoms with Crippen LogP contribution in [0.3, 0.4) is 0 Å². The molecule has 0 bridgehead atoms.